The standard InChI is InChI=1S/C13H14O2/c1-15-9-13(14)12-8-4-6-10-5-2-3-7-11(10)12/h2-8,13-14H,9H2,1H3. The van der Waals surface area contributed by atoms with E-state index in [1.807, 2.05) is 42.5 Å². The maximum Gasteiger partial charge on any atom is 0.103 e. The van der Waals surface area contributed by atoms with Crippen LogP contribution in [-0.2, 0) is 4.74 Å². The lowest BCUT2D eigenvalue weighted by Crippen LogP contribution is -2.05. The molecule has 0 heterocycles. The van der Waals surface area contributed by atoms with Crippen LogP contribution in [0.2, 0.25) is 0 Å². The molecule has 0 fully saturated rings. The van der Waals surface area contributed by atoms with E-state index < -0.39 is 6.10 Å². The highest BCUT2D eigenvalue weighted by Gasteiger charge is 2.09. The van der Waals surface area contributed by atoms with Crippen molar-refractivity contribution in [3.63, 3.8) is 0 Å². The first-order valence-electron chi connectivity index (χ1n) is 4.97. The summed E-state index contributed by atoms with van der Waals surface area (Å²) >= 11 is 0. The number of rotatable bonds is 3. The highest BCUT2D eigenvalue weighted by molar-refractivity contribution is 5.85. The van der Waals surface area contributed by atoms with Crippen LogP contribution in [0.1, 0.15) is 11.7 Å². The second-order valence-corrected chi connectivity index (χ2v) is 3.54. The van der Waals surface area contributed by atoms with Gasteiger partial charge in [0.2, 0.25) is 0 Å². The van der Waals surface area contributed by atoms with Crippen LogP contribution in [0.5, 0.6) is 0 Å². The molecule has 0 aliphatic heterocycles. The van der Waals surface area contributed by atoms with E-state index >= 15 is 0 Å². The molecular formula is C13H14O2. The Labute approximate surface area is 89.1 Å². The molecule has 0 amide bonds. The molecule has 15 heavy (non-hydrogen) atoms. The molecule has 2 aromatic carbocycles. The van der Waals surface area contributed by atoms with Crippen molar-refractivity contribution >= 4 is 10.8 Å². The minimum absolute atomic E-state index is 0.327. The van der Waals surface area contributed by atoms with E-state index in [0.717, 1.165) is 16.3 Å². The monoisotopic (exact) mass is 202 g/mol. The smallest absolute Gasteiger partial charge is 0.103 e. The minimum atomic E-state index is -0.555. The predicted molar refractivity (Wildman–Crippen MR) is 60.8 cm³/mol. The molecule has 78 valence electrons. The predicted octanol–water partition coefficient (Wildman–Crippen LogP) is 2.52. The molecule has 2 aromatic rings. The zero-order chi connectivity index (χ0) is 10.7. The number of hydrogen-bond acceptors (Lipinski definition) is 2. The fourth-order valence-electron chi connectivity index (χ4n) is 1.79. The fourth-order valence-corrected chi connectivity index (χ4v) is 1.79. The third kappa shape index (κ3) is 2.01. The Hall–Kier alpha value is -1.38. The highest BCUT2D eigenvalue weighted by Crippen LogP contribution is 2.24. The van der Waals surface area contributed by atoms with Gasteiger partial charge in [-0.25, -0.2) is 0 Å². The van der Waals surface area contributed by atoms with Crippen LogP contribution in [0.3, 0.4) is 0 Å². The van der Waals surface area contributed by atoms with Crippen molar-refractivity contribution in [3.05, 3.63) is 48.0 Å². The van der Waals surface area contributed by atoms with E-state index in [1.165, 1.54) is 0 Å². The van der Waals surface area contributed by atoms with Gasteiger partial charge in [-0.05, 0) is 16.3 Å². The zero-order valence-electron chi connectivity index (χ0n) is 8.68. The van der Waals surface area contributed by atoms with Gasteiger partial charge < -0.3 is 9.84 Å². The average Bonchev–Trinajstić information content (AvgIpc) is 2.28. The molecule has 0 saturated heterocycles. The SMILES string of the molecule is COCC(O)c1cccc2ccccc12. The molecule has 0 radical (unpaired) electrons. The normalized spacial score (nSPS) is 12.9. The second kappa shape index (κ2) is 4.43. The molecule has 0 spiro atoms. The van der Waals surface area contributed by atoms with Gasteiger partial charge in [0.05, 0.1) is 6.61 Å². The van der Waals surface area contributed by atoms with Gasteiger partial charge in [0.15, 0.2) is 0 Å². The third-order valence-corrected chi connectivity index (χ3v) is 2.51. The molecule has 2 heteroatoms. The summed E-state index contributed by atoms with van der Waals surface area (Å²) < 4.78 is 4.96. The van der Waals surface area contributed by atoms with E-state index in [-0.39, 0.29) is 0 Å². The first-order valence-corrected chi connectivity index (χ1v) is 4.97. The van der Waals surface area contributed by atoms with Crippen molar-refractivity contribution in [2.75, 3.05) is 13.7 Å². The van der Waals surface area contributed by atoms with Crippen LogP contribution in [0.4, 0.5) is 0 Å². The number of fused-ring (bicyclic) bond motifs is 1. The summed E-state index contributed by atoms with van der Waals surface area (Å²) in [5.74, 6) is 0. The summed E-state index contributed by atoms with van der Waals surface area (Å²) in [6.07, 6.45) is -0.555. The highest BCUT2D eigenvalue weighted by atomic mass is 16.5. The maximum atomic E-state index is 9.89. The summed E-state index contributed by atoms with van der Waals surface area (Å²) in [4.78, 5) is 0. The van der Waals surface area contributed by atoms with Crippen molar-refractivity contribution in [1.29, 1.82) is 0 Å². The molecule has 2 nitrogen and oxygen atoms in total. The van der Waals surface area contributed by atoms with Crippen molar-refractivity contribution in [2.45, 2.75) is 6.10 Å². The lowest BCUT2D eigenvalue weighted by Gasteiger charge is -2.12. The van der Waals surface area contributed by atoms with Crippen molar-refractivity contribution in [3.8, 4) is 0 Å². The van der Waals surface area contributed by atoms with Gasteiger partial charge in [0.25, 0.3) is 0 Å². The molecule has 0 bridgehead atoms. The van der Waals surface area contributed by atoms with Crippen LogP contribution in [0, 0.1) is 0 Å². The molecular weight excluding hydrogens is 188 g/mol. The van der Waals surface area contributed by atoms with Gasteiger partial charge in [-0.2, -0.15) is 0 Å². The van der Waals surface area contributed by atoms with Crippen molar-refractivity contribution < 1.29 is 9.84 Å². The van der Waals surface area contributed by atoms with Gasteiger partial charge in [-0.1, -0.05) is 42.5 Å². The molecule has 2 rings (SSSR count). The Bertz CT molecular complexity index is 446. The summed E-state index contributed by atoms with van der Waals surface area (Å²) in [5, 5.41) is 12.1. The summed E-state index contributed by atoms with van der Waals surface area (Å²) in [6, 6.07) is 14.0. The van der Waals surface area contributed by atoms with Crippen molar-refractivity contribution in [1.82, 2.24) is 0 Å². The number of aliphatic hydroxyl groups excluding tert-OH is 1. The van der Waals surface area contributed by atoms with E-state index in [0.29, 0.717) is 6.61 Å². The van der Waals surface area contributed by atoms with Gasteiger partial charge >= 0.3 is 0 Å². The van der Waals surface area contributed by atoms with Gasteiger partial charge in [0, 0.05) is 7.11 Å². The van der Waals surface area contributed by atoms with E-state index in [1.54, 1.807) is 7.11 Å². The largest absolute Gasteiger partial charge is 0.386 e. The third-order valence-electron chi connectivity index (χ3n) is 2.51. The minimum Gasteiger partial charge on any atom is -0.386 e. The molecule has 0 saturated carbocycles. The lowest BCUT2D eigenvalue weighted by atomic mass is 10.0. The van der Waals surface area contributed by atoms with Crippen LogP contribution < -0.4 is 0 Å². The molecule has 1 N–H and O–H groups in total. The summed E-state index contributed by atoms with van der Waals surface area (Å²) in [7, 11) is 1.59. The number of hydrogen-bond donors (Lipinski definition) is 1. The molecule has 0 aliphatic rings. The first-order chi connectivity index (χ1) is 7.33. The molecule has 1 unspecified atom stereocenters. The Morgan fingerprint density at radius 3 is 2.67 bits per heavy atom. The Morgan fingerprint density at radius 1 is 1.13 bits per heavy atom. The Kier molecular flexibility index (Phi) is 2.99. The van der Waals surface area contributed by atoms with Gasteiger partial charge in [-0.3, -0.25) is 0 Å². The van der Waals surface area contributed by atoms with E-state index in [4.69, 9.17) is 4.74 Å². The lowest BCUT2D eigenvalue weighted by molar-refractivity contribution is 0.0653. The number of ether oxygens (including phenoxy) is 1. The van der Waals surface area contributed by atoms with Crippen molar-refractivity contribution in [2.24, 2.45) is 0 Å². The number of aliphatic hydroxyl groups is 1. The molecule has 0 aromatic heterocycles. The van der Waals surface area contributed by atoms with Crippen LogP contribution in [0.25, 0.3) is 10.8 Å². The average molecular weight is 202 g/mol. The van der Waals surface area contributed by atoms with Crippen LogP contribution >= 0.6 is 0 Å². The molecule has 1 atom stereocenters. The fraction of sp³-hybridized carbons (Fsp3) is 0.231. The van der Waals surface area contributed by atoms with E-state index in [2.05, 4.69) is 0 Å². The van der Waals surface area contributed by atoms with Crippen LogP contribution in [-0.4, -0.2) is 18.8 Å². The molecule has 0 aliphatic carbocycles. The Balaban J connectivity index is 2.50. The quantitative estimate of drug-likeness (QED) is 0.828. The van der Waals surface area contributed by atoms with E-state index in [9.17, 15) is 5.11 Å². The summed E-state index contributed by atoms with van der Waals surface area (Å²) in [6.45, 7) is 0.327. The van der Waals surface area contributed by atoms with Gasteiger partial charge in [-0.15, -0.1) is 0 Å². The second-order valence-electron chi connectivity index (χ2n) is 3.54. The zero-order valence-corrected chi connectivity index (χ0v) is 8.68. The maximum absolute atomic E-state index is 9.89. The Morgan fingerprint density at radius 2 is 1.87 bits per heavy atom. The topological polar surface area (TPSA) is 29.5 Å². The summed E-state index contributed by atoms with van der Waals surface area (Å²) in [5.41, 5.74) is 0.926. The number of methoxy groups -OCH3 is 1. The first kappa shape index (κ1) is 10.1. The van der Waals surface area contributed by atoms with Gasteiger partial charge in [0.1, 0.15) is 6.10 Å². The number of benzene rings is 2. The van der Waals surface area contributed by atoms with Crippen LogP contribution in [0.15, 0.2) is 42.5 Å².